The van der Waals surface area contributed by atoms with Gasteiger partial charge >= 0.3 is 5.97 Å². The minimum atomic E-state index is -0.343. The van der Waals surface area contributed by atoms with Crippen LogP contribution in [0.4, 0.5) is 0 Å². The Bertz CT molecular complexity index is 710. The lowest BCUT2D eigenvalue weighted by molar-refractivity contribution is -0.178. The first-order valence-electron chi connectivity index (χ1n) is 12.5. The summed E-state index contributed by atoms with van der Waals surface area (Å²) in [5, 5.41) is 8.93. The molecular formula is C26H42O4S. The fourth-order valence-corrected chi connectivity index (χ4v) is 9.20. The van der Waals surface area contributed by atoms with E-state index in [-0.39, 0.29) is 29.5 Å². The van der Waals surface area contributed by atoms with Gasteiger partial charge < -0.3 is 9.84 Å². The smallest absolute Gasteiger partial charge is 0.316 e. The fraction of sp³-hybridized carbons (Fsp3) is 0.923. The van der Waals surface area contributed by atoms with Crippen molar-refractivity contribution in [3.05, 3.63) is 0 Å². The van der Waals surface area contributed by atoms with Gasteiger partial charge in [-0.25, -0.2) is 0 Å². The lowest BCUT2D eigenvalue weighted by atomic mass is 9.44. The zero-order valence-corrected chi connectivity index (χ0v) is 20.8. The maximum absolute atomic E-state index is 12.4. The van der Waals surface area contributed by atoms with Crippen molar-refractivity contribution in [1.82, 2.24) is 0 Å². The molecule has 4 aliphatic carbocycles. The van der Waals surface area contributed by atoms with E-state index in [4.69, 9.17) is 9.84 Å². The molecule has 0 aromatic heterocycles. The van der Waals surface area contributed by atoms with Gasteiger partial charge in [-0.3, -0.25) is 9.59 Å². The molecule has 0 spiro atoms. The van der Waals surface area contributed by atoms with E-state index in [0.717, 1.165) is 37.5 Å². The zero-order chi connectivity index (χ0) is 22.4. The molecule has 4 fully saturated rings. The highest BCUT2D eigenvalue weighted by Crippen LogP contribution is 2.68. The minimum Gasteiger partial charge on any atom is -0.459 e. The highest BCUT2D eigenvalue weighted by atomic mass is 32.2. The number of hydrogen-bond donors (Lipinski definition) is 1. The molecule has 0 heterocycles. The standard InChI is InChI=1S/C26H42O4S/c1-17(28)20-7-8-21-19-6-5-18-15-24(2,30-23(29)16-31-14-13-27)11-12-25(18,3)22(19)9-10-26(20,21)4/h18-22,27H,5-16H2,1-4H3/t18-,19-,20+,21-,22-,24+,25-,26+/m0/s1. The zero-order valence-electron chi connectivity index (χ0n) is 20.0. The maximum atomic E-state index is 12.4. The molecule has 0 aromatic carbocycles. The number of Topliss-reactive ketones (excluding diaryl/α,β-unsaturated/α-hetero) is 1. The van der Waals surface area contributed by atoms with E-state index in [2.05, 4.69) is 20.8 Å². The van der Waals surface area contributed by atoms with Gasteiger partial charge in [0.2, 0.25) is 0 Å². The first-order chi connectivity index (χ1) is 14.6. The summed E-state index contributed by atoms with van der Waals surface area (Å²) in [5.41, 5.74) is 0.224. The Morgan fingerprint density at radius 3 is 2.42 bits per heavy atom. The van der Waals surface area contributed by atoms with Crippen LogP contribution in [-0.2, 0) is 14.3 Å². The Balaban J connectivity index is 1.44. The van der Waals surface area contributed by atoms with E-state index < -0.39 is 0 Å². The number of carbonyl (C=O) groups excluding carboxylic acids is 2. The number of ether oxygens (including phenoxy) is 1. The quantitative estimate of drug-likeness (QED) is 0.442. The van der Waals surface area contributed by atoms with Crippen LogP contribution in [0.3, 0.4) is 0 Å². The summed E-state index contributed by atoms with van der Waals surface area (Å²) >= 11 is 1.45. The van der Waals surface area contributed by atoms with Crippen molar-refractivity contribution in [2.75, 3.05) is 18.1 Å². The number of fused-ring (bicyclic) bond motifs is 5. The van der Waals surface area contributed by atoms with Crippen molar-refractivity contribution in [3.8, 4) is 0 Å². The van der Waals surface area contributed by atoms with Crippen LogP contribution in [0.1, 0.15) is 85.5 Å². The Labute approximate surface area is 192 Å². The van der Waals surface area contributed by atoms with E-state index >= 15 is 0 Å². The predicted molar refractivity (Wildman–Crippen MR) is 125 cm³/mol. The molecule has 4 aliphatic rings. The number of hydrogen-bond acceptors (Lipinski definition) is 5. The number of aliphatic hydroxyl groups is 1. The molecule has 4 nitrogen and oxygen atoms in total. The molecular weight excluding hydrogens is 408 g/mol. The van der Waals surface area contributed by atoms with Gasteiger partial charge in [-0.15, -0.1) is 11.8 Å². The van der Waals surface area contributed by atoms with Gasteiger partial charge in [0, 0.05) is 11.7 Å². The van der Waals surface area contributed by atoms with E-state index in [9.17, 15) is 9.59 Å². The van der Waals surface area contributed by atoms with Gasteiger partial charge in [0.1, 0.15) is 11.4 Å². The van der Waals surface area contributed by atoms with Crippen molar-refractivity contribution in [2.45, 2.75) is 91.1 Å². The van der Waals surface area contributed by atoms with Crippen LogP contribution in [0.5, 0.6) is 0 Å². The highest BCUT2D eigenvalue weighted by molar-refractivity contribution is 7.99. The lowest BCUT2D eigenvalue weighted by Crippen LogP contribution is -2.56. The molecule has 0 bridgehead atoms. The largest absolute Gasteiger partial charge is 0.459 e. The van der Waals surface area contributed by atoms with Gasteiger partial charge in [-0.2, -0.15) is 0 Å². The summed E-state index contributed by atoms with van der Waals surface area (Å²) in [4.78, 5) is 24.7. The Morgan fingerprint density at radius 1 is 0.968 bits per heavy atom. The van der Waals surface area contributed by atoms with Gasteiger partial charge in [0.25, 0.3) is 0 Å². The van der Waals surface area contributed by atoms with Gasteiger partial charge in [-0.1, -0.05) is 13.8 Å². The second kappa shape index (κ2) is 8.66. The number of thioether (sulfide) groups is 1. The highest BCUT2D eigenvalue weighted by Gasteiger charge is 2.61. The summed E-state index contributed by atoms with van der Waals surface area (Å²) in [6.07, 6.45) is 10.4. The average molecular weight is 451 g/mol. The van der Waals surface area contributed by atoms with Crippen molar-refractivity contribution < 1.29 is 19.4 Å². The van der Waals surface area contributed by atoms with Crippen molar-refractivity contribution in [2.24, 2.45) is 40.4 Å². The topological polar surface area (TPSA) is 63.6 Å². The number of esters is 1. The SMILES string of the molecule is CC(=O)[C@H]1CC[C@H]2[C@@H]3CC[C@H]4C[C@](C)(OC(=O)CSCCO)CC[C@]4(C)[C@H]3CC[C@]12C. The fourth-order valence-electron chi connectivity index (χ4n) is 8.70. The Kier molecular flexibility index (Phi) is 6.60. The molecule has 176 valence electrons. The Morgan fingerprint density at radius 2 is 1.71 bits per heavy atom. The molecule has 5 heteroatoms. The number of aliphatic hydroxyl groups excluding tert-OH is 1. The molecule has 8 atom stereocenters. The first-order valence-corrected chi connectivity index (χ1v) is 13.7. The van der Waals surface area contributed by atoms with Crippen LogP contribution in [0.15, 0.2) is 0 Å². The number of ketones is 1. The van der Waals surface area contributed by atoms with Crippen LogP contribution >= 0.6 is 11.8 Å². The van der Waals surface area contributed by atoms with Crippen molar-refractivity contribution >= 4 is 23.5 Å². The summed E-state index contributed by atoms with van der Waals surface area (Å²) in [6.45, 7) is 9.01. The maximum Gasteiger partial charge on any atom is 0.316 e. The van der Waals surface area contributed by atoms with Crippen LogP contribution in [0.25, 0.3) is 0 Å². The second-order valence-corrected chi connectivity index (χ2v) is 13.0. The molecule has 0 aromatic rings. The molecule has 31 heavy (non-hydrogen) atoms. The molecule has 0 radical (unpaired) electrons. The van der Waals surface area contributed by atoms with Crippen LogP contribution in [0, 0.1) is 40.4 Å². The van der Waals surface area contributed by atoms with Gasteiger partial charge in [-0.05, 0) is 106 Å². The molecule has 1 N–H and O–H groups in total. The Hall–Kier alpha value is -0.550. The van der Waals surface area contributed by atoms with Crippen LogP contribution in [0.2, 0.25) is 0 Å². The summed E-state index contributed by atoms with van der Waals surface area (Å²) < 4.78 is 6.00. The molecule has 0 saturated heterocycles. The third-order valence-electron chi connectivity index (χ3n) is 10.2. The van der Waals surface area contributed by atoms with Crippen LogP contribution in [-0.4, -0.2) is 40.6 Å². The normalized spacial score (nSPS) is 46.5. The van der Waals surface area contributed by atoms with E-state index in [1.165, 1.54) is 43.9 Å². The lowest BCUT2D eigenvalue weighted by Gasteiger charge is -2.62. The molecule has 0 aliphatic heterocycles. The first kappa shape index (κ1) is 23.6. The molecule has 4 saturated carbocycles. The second-order valence-electron chi connectivity index (χ2n) is 11.8. The van der Waals surface area contributed by atoms with Crippen molar-refractivity contribution in [1.29, 1.82) is 0 Å². The van der Waals surface area contributed by atoms with E-state index in [1.54, 1.807) is 0 Å². The van der Waals surface area contributed by atoms with Gasteiger partial charge in [0.15, 0.2) is 0 Å². The van der Waals surface area contributed by atoms with Crippen LogP contribution < -0.4 is 0 Å². The predicted octanol–water partition coefficient (Wildman–Crippen LogP) is 5.26. The van der Waals surface area contributed by atoms with E-state index in [0.29, 0.717) is 34.5 Å². The summed E-state index contributed by atoms with van der Waals surface area (Å²) in [6, 6.07) is 0. The van der Waals surface area contributed by atoms with E-state index in [1.807, 2.05) is 6.92 Å². The third kappa shape index (κ3) is 4.11. The van der Waals surface area contributed by atoms with Gasteiger partial charge in [0.05, 0.1) is 12.4 Å². The molecule has 0 amide bonds. The third-order valence-corrected chi connectivity index (χ3v) is 11.2. The van der Waals surface area contributed by atoms with Crippen molar-refractivity contribution in [3.63, 3.8) is 0 Å². The monoisotopic (exact) mass is 450 g/mol. The molecule has 0 unspecified atom stereocenters. The summed E-state index contributed by atoms with van der Waals surface area (Å²) in [7, 11) is 0. The average Bonchev–Trinajstić information content (AvgIpc) is 3.06. The number of carbonyl (C=O) groups is 2. The summed E-state index contributed by atoms with van der Waals surface area (Å²) in [5.74, 6) is 4.35. The minimum absolute atomic E-state index is 0.103. The molecule has 4 rings (SSSR count). The number of rotatable bonds is 6.